The fourth-order valence-electron chi connectivity index (χ4n) is 2.57. The van der Waals surface area contributed by atoms with Gasteiger partial charge in [-0.2, -0.15) is 0 Å². The molecule has 0 N–H and O–H groups in total. The average molecular weight is 264 g/mol. The van der Waals surface area contributed by atoms with E-state index in [1.165, 1.54) is 11.3 Å². The van der Waals surface area contributed by atoms with Crippen molar-refractivity contribution in [2.24, 2.45) is 0 Å². The summed E-state index contributed by atoms with van der Waals surface area (Å²) in [5.74, 6) is 1.95. The Balaban J connectivity index is 3.06. The molecule has 0 aliphatic rings. The minimum Gasteiger partial charge on any atom is -0.359 e. The molecule has 1 heterocycles. The van der Waals surface area contributed by atoms with Gasteiger partial charge in [0.05, 0.1) is 0 Å². The van der Waals surface area contributed by atoms with Crippen molar-refractivity contribution in [1.82, 2.24) is 5.16 Å². The van der Waals surface area contributed by atoms with Crippen LogP contribution in [0.4, 0.5) is 5.82 Å². The summed E-state index contributed by atoms with van der Waals surface area (Å²) < 4.78 is 5.42. The number of anilines is 1. The minimum absolute atomic E-state index is 0.935. The first-order valence-electron chi connectivity index (χ1n) is 7.65. The van der Waals surface area contributed by atoms with E-state index < -0.39 is 0 Å². The second-order valence-electron chi connectivity index (χ2n) is 4.76. The Morgan fingerprint density at radius 1 is 1.11 bits per heavy atom. The zero-order valence-corrected chi connectivity index (χ0v) is 13.1. The van der Waals surface area contributed by atoms with Gasteiger partial charge in [0.25, 0.3) is 0 Å². The van der Waals surface area contributed by atoms with Crippen LogP contribution in [0, 0.1) is 0 Å². The van der Waals surface area contributed by atoms with E-state index in [1.54, 1.807) is 0 Å². The summed E-state index contributed by atoms with van der Waals surface area (Å²) >= 11 is 0. The number of aromatic nitrogens is 1. The standard InChI is InChI=1S/C16H28N2O/c1-6-11-14-12-16(17-19-14)18(10-5)15(9-4)13(7-2)8-3/h12H,6-11H2,1-5H3. The van der Waals surface area contributed by atoms with E-state index >= 15 is 0 Å². The third-order valence-corrected chi connectivity index (χ3v) is 3.56. The lowest BCUT2D eigenvalue weighted by molar-refractivity contribution is 0.382. The van der Waals surface area contributed by atoms with Gasteiger partial charge in [-0.05, 0) is 32.6 Å². The maximum Gasteiger partial charge on any atom is 0.176 e. The molecule has 1 aromatic heterocycles. The third-order valence-electron chi connectivity index (χ3n) is 3.56. The van der Waals surface area contributed by atoms with Crippen molar-refractivity contribution in [3.63, 3.8) is 0 Å². The molecule has 19 heavy (non-hydrogen) atoms. The maximum atomic E-state index is 5.42. The monoisotopic (exact) mass is 264 g/mol. The van der Waals surface area contributed by atoms with Crippen molar-refractivity contribution in [2.45, 2.75) is 66.7 Å². The van der Waals surface area contributed by atoms with Crippen LogP contribution in [0.1, 0.15) is 66.1 Å². The molecule has 1 rings (SSSR count). The Kier molecular flexibility index (Phi) is 6.68. The number of rotatable bonds is 8. The van der Waals surface area contributed by atoms with Gasteiger partial charge in [-0.1, -0.05) is 38.4 Å². The zero-order chi connectivity index (χ0) is 14.3. The minimum atomic E-state index is 0.935. The smallest absolute Gasteiger partial charge is 0.176 e. The fraction of sp³-hybridized carbons (Fsp3) is 0.688. The van der Waals surface area contributed by atoms with Crippen LogP contribution in [0.3, 0.4) is 0 Å². The molecule has 0 aliphatic carbocycles. The number of nitrogens with zero attached hydrogens (tertiary/aromatic N) is 2. The maximum absolute atomic E-state index is 5.42. The molecule has 3 nitrogen and oxygen atoms in total. The van der Waals surface area contributed by atoms with Crippen molar-refractivity contribution in [2.75, 3.05) is 11.4 Å². The Labute approximate surface area is 117 Å². The average Bonchev–Trinajstić information content (AvgIpc) is 2.88. The van der Waals surface area contributed by atoms with Crippen LogP contribution in [0.15, 0.2) is 21.9 Å². The van der Waals surface area contributed by atoms with Gasteiger partial charge in [0, 0.05) is 24.7 Å². The highest BCUT2D eigenvalue weighted by molar-refractivity contribution is 5.47. The Hall–Kier alpha value is -1.25. The number of hydrogen-bond acceptors (Lipinski definition) is 3. The van der Waals surface area contributed by atoms with E-state index in [0.717, 1.165) is 50.2 Å². The van der Waals surface area contributed by atoms with Crippen molar-refractivity contribution >= 4 is 5.82 Å². The normalized spacial score (nSPS) is 10.6. The van der Waals surface area contributed by atoms with Crippen molar-refractivity contribution < 1.29 is 4.52 Å². The molecule has 0 spiro atoms. The molecule has 1 aromatic rings. The molecule has 0 aromatic carbocycles. The van der Waals surface area contributed by atoms with E-state index in [2.05, 4.69) is 50.7 Å². The summed E-state index contributed by atoms with van der Waals surface area (Å²) in [5.41, 5.74) is 2.92. The molecule has 0 atom stereocenters. The largest absolute Gasteiger partial charge is 0.359 e. The topological polar surface area (TPSA) is 29.3 Å². The summed E-state index contributed by atoms with van der Waals surface area (Å²) in [7, 11) is 0. The van der Waals surface area contributed by atoms with Gasteiger partial charge in [0.1, 0.15) is 5.76 Å². The summed E-state index contributed by atoms with van der Waals surface area (Å²) in [6.07, 6.45) is 5.31. The van der Waals surface area contributed by atoms with Gasteiger partial charge in [-0.15, -0.1) is 0 Å². The zero-order valence-electron chi connectivity index (χ0n) is 13.1. The quantitative estimate of drug-likeness (QED) is 0.666. The second-order valence-corrected chi connectivity index (χ2v) is 4.76. The van der Waals surface area contributed by atoms with Crippen molar-refractivity contribution in [1.29, 1.82) is 0 Å². The number of hydrogen-bond donors (Lipinski definition) is 0. The molecule has 3 heteroatoms. The number of allylic oxidation sites excluding steroid dienone is 2. The molecule has 0 unspecified atom stereocenters. The van der Waals surface area contributed by atoms with Crippen molar-refractivity contribution in [3.8, 4) is 0 Å². The highest BCUT2D eigenvalue weighted by atomic mass is 16.5. The fourth-order valence-corrected chi connectivity index (χ4v) is 2.57. The Morgan fingerprint density at radius 2 is 1.79 bits per heavy atom. The molecular formula is C16H28N2O. The first-order chi connectivity index (χ1) is 9.21. The Bertz CT molecular complexity index is 401. The highest BCUT2D eigenvalue weighted by Crippen LogP contribution is 2.26. The summed E-state index contributed by atoms with van der Waals surface area (Å²) in [4.78, 5) is 2.30. The van der Waals surface area contributed by atoms with E-state index in [1.807, 2.05) is 0 Å². The van der Waals surface area contributed by atoms with Crippen LogP contribution >= 0.6 is 0 Å². The van der Waals surface area contributed by atoms with Crippen LogP contribution in [0.2, 0.25) is 0 Å². The molecule has 0 radical (unpaired) electrons. The lowest BCUT2D eigenvalue weighted by atomic mass is 10.1. The lowest BCUT2D eigenvalue weighted by Gasteiger charge is -2.25. The van der Waals surface area contributed by atoms with Gasteiger partial charge >= 0.3 is 0 Å². The predicted octanol–water partition coefficient (Wildman–Crippen LogP) is 4.94. The SMILES string of the molecule is CCCc1cc(N(CC)C(CC)=C(CC)CC)no1. The number of aryl methyl sites for hydroxylation is 1. The van der Waals surface area contributed by atoms with Gasteiger partial charge in [-0.3, -0.25) is 0 Å². The van der Waals surface area contributed by atoms with Gasteiger partial charge in [-0.25, -0.2) is 0 Å². The van der Waals surface area contributed by atoms with Crippen LogP contribution in [-0.2, 0) is 6.42 Å². The molecule has 108 valence electrons. The lowest BCUT2D eigenvalue weighted by Crippen LogP contribution is -2.23. The molecule has 0 bridgehead atoms. The highest BCUT2D eigenvalue weighted by Gasteiger charge is 2.16. The summed E-state index contributed by atoms with van der Waals surface area (Å²) in [6, 6.07) is 2.09. The molecule has 0 fully saturated rings. The van der Waals surface area contributed by atoms with Crippen molar-refractivity contribution in [3.05, 3.63) is 23.1 Å². The van der Waals surface area contributed by atoms with Gasteiger partial charge in [0.15, 0.2) is 5.82 Å². The van der Waals surface area contributed by atoms with E-state index in [9.17, 15) is 0 Å². The van der Waals surface area contributed by atoms with Crippen LogP contribution in [-0.4, -0.2) is 11.7 Å². The van der Waals surface area contributed by atoms with E-state index in [4.69, 9.17) is 4.52 Å². The molecule has 0 aliphatic heterocycles. The van der Waals surface area contributed by atoms with E-state index in [-0.39, 0.29) is 0 Å². The van der Waals surface area contributed by atoms with Gasteiger partial charge in [0.2, 0.25) is 0 Å². The molecular weight excluding hydrogens is 236 g/mol. The Morgan fingerprint density at radius 3 is 2.26 bits per heavy atom. The molecule has 0 amide bonds. The third kappa shape index (κ3) is 3.85. The van der Waals surface area contributed by atoms with Crippen LogP contribution < -0.4 is 4.90 Å². The van der Waals surface area contributed by atoms with Crippen LogP contribution in [0.5, 0.6) is 0 Å². The van der Waals surface area contributed by atoms with Crippen LogP contribution in [0.25, 0.3) is 0 Å². The first-order valence-corrected chi connectivity index (χ1v) is 7.65. The second kappa shape index (κ2) is 8.03. The molecule has 0 saturated carbocycles. The summed E-state index contributed by atoms with van der Waals surface area (Å²) in [6.45, 7) is 11.9. The molecule has 0 saturated heterocycles. The van der Waals surface area contributed by atoms with E-state index in [0.29, 0.717) is 0 Å². The first kappa shape index (κ1) is 15.8. The summed E-state index contributed by atoms with van der Waals surface area (Å²) in [5, 5.41) is 4.24. The predicted molar refractivity (Wildman–Crippen MR) is 81.4 cm³/mol. The van der Waals surface area contributed by atoms with Gasteiger partial charge < -0.3 is 9.42 Å².